The molecule has 0 amide bonds. The molecule has 2 N–H and O–H groups in total. The molecule has 0 unspecified atom stereocenters. The second-order valence-electron chi connectivity index (χ2n) is 17.1. The third kappa shape index (κ3) is 9.30. The molecule has 2 aromatic rings. The Balaban J connectivity index is 0.00000840. The molecule has 0 saturated heterocycles. The van der Waals surface area contributed by atoms with Crippen molar-refractivity contribution in [3.63, 3.8) is 0 Å². The van der Waals surface area contributed by atoms with Crippen LogP contribution in [0.5, 0.6) is 0 Å². The minimum Gasteiger partial charge on any atom is -0.412 e. The summed E-state index contributed by atoms with van der Waals surface area (Å²) in [6.45, 7) is 43.3. The molecule has 1 nitrogen and oxygen atoms in total. The van der Waals surface area contributed by atoms with Crippen LogP contribution in [0, 0.1) is 0 Å². The molecule has 0 heterocycles. The zero-order valence-corrected chi connectivity index (χ0v) is 33.1. The van der Waals surface area contributed by atoms with E-state index in [1.807, 2.05) is 0 Å². The summed E-state index contributed by atoms with van der Waals surface area (Å²) in [5.74, 6) is 1.61. The SMILES string of the molecule is CC(C)c1cc(C(C)C)[c]([Ge]([CH]=Pc2c(C(C)(C)C)cc(C(C)(C)C)cc2C(C)(C)C)[C](C)(C)C)c(C(C)C)c1.O. The molecule has 0 spiro atoms. The zero-order chi connectivity index (χ0) is 31.2. The molecule has 2 aromatic carbocycles. The molecule has 41 heavy (non-hydrogen) atoms. The Morgan fingerprint density at radius 3 is 1.24 bits per heavy atom. The van der Waals surface area contributed by atoms with Crippen molar-refractivity contribution in [3.8, 4) is 0 Å². The second-order valence-corrected chi connectivity index (χ2v) is 25.7. The minimum atomic E-state index is -1.90. The van der Waals surface area contributed by atoms with Crippen molar-refractivity contribution in [1.29, 1.82) is 0 Å². The third-order valence-corrected chi connectivity index (χ3v) is 17.4. The molecule has 0 atom stereocenters. The third-order valence-electron chi connectivity index (χ3n) is 8.12. The van der Waals surface area contributed by atoms with Crippen LogP contribution in [0.3, 0.4) is 0 Å². The van der Waals surface area contributed by atoms with Crippen molar-refractivity contribution in [3.05, 3.63) is 57.6 Å². The van der Waals surface area contributed by atoms with E-state index >= 15 is 0 Å². The van der Waals surface area contributed by atoms with Crippen LogP contribution in [0.4, 0.5) is 0 Å². The van der Waals surface area contributed by atoms with Crippen LogP contribution in [0.2, 0.25) is 4.25 Å². The van der Waals surface area contributed by atoms with Gasteiger partial charge in [-0.1, -0.05) is 0 Å². The molecule has 2 rings (SSSR count). The van der Waals surface area contributed by atoms with Gasteiger partial charge < -0.3 is 5.48 Å². The summed E-state index contributed by atoms with van der Waals surface area (Å²) in [7, 11) is 1.40. The molecular formula is C38H64GeOP. The average molecular weight is 641 g/mol. The Kier molecular flexibility index (Phi) is 12.5. The molecule has 0 aromatic heterocycles. The fraction of sp³-hybridized carbons (Fsp3) is 0.658. The number of rotatable bonds is 6. The Hall–Kier alpha value is -0.887. The Morgan fingerprint density at radius 2 is 0.976 bits per heavy atom. The van der Waals surface area contributed by atoms with E-state index < -0.39 is 14.3 Å². The Bertz CT molecular complexity index is 1140. The Labute approximate surface area is 261 Å². The van der Waals surface area contributed by atoms with Crippen LogP contribution in [0.25, 0.3) is 0 Å². The predicted octanol–water partition coefficient (Wildman–Crippen LogP) is 10.2. The summed E-state index contributed by atoms with van der Waals surface area (Å²) in [6, 6.07) is 10.2. The Morgan fingerprint density at radius 1 is 0.585 bits per heavy atom. The smallest absolute Gasteiger partial charge is 0.412 e. The van der Waals surface area contributed by atoms with Gasteiger partial charge in [0.1, 0.15) is 0 Å². The van der Waals surface area contributed by atoms with E-state index in [9.17, 15) is 0 Å². The number of hydrogen-bond acceptors (Lipinski definition) is 0. The zero-order valence-electron chi connectivity index (χ0n) is 30.1. The predicted molar refractivity (Wildman–Crippen MR) is 193 cm³/mol. The van der Waals surface area contributed by atoms with Crippen molar-refractivity contribution in [1.82, 2.24) is 0 Å². The van der Waals surface area contributed by atoms with Gasteiger partial charge in [0.2, 0.25) is 0 Å². The molecule has 0 bridgehead atoms. The maximum Gasteiger partial charge on any atom is -0.412 e. The standard InChI is InChI=1S/C38H62GeP.H2O/c1-24(2)27-19-29(25(3)4)33(30(20-27)26(5)6)39(38(16,17)18)23-40-34-31(36(10,11)12)21-28(35(7,8)9)22-32(34)37(13,14)15;/h19-26H,1-18H3;1H2. The van der Waals surface area contributed by atoms with Crippen LogP contribution >= 0.6 is 8.20 Å². The maximum atomic E-state index is 2.83. The molecule has 0 saturated carbocycles. The van der Waals surface area contributed by atoms with Gasteiger partial charge in [-0.3, -0.25) is 0 Å². The van der Waals surface area contributed by atoms with E-state index in [1.54, 1.807) is 20.8 Å². The first kappa shape index (κ1) is 38.1. The van der Waals surface area contributed by atoms with Crippen molar-refractivity contribution < 1.29 is 5.48 Å². The molecule has 0 aliphatic carbocycles. The molecule has 0 aliphatic rings. The summed E-state index contributed by atoms with van der Waals surface area (Å²) in [4.78, 5) is 0. The molecule has 3 heteroatoms. The van der Waals surface area contributed by atoms with Gasteiger partial charge in [-0.2, -0.15) is 0 Å². The van der Waals surface area contributed by atoms with Gasteiger partial charge in [-0.25, -0.2) is 0 Å². The van der Waals surface area contributed by atoms with E-state index in [4.69, 9.17) is 0 Å². The van der Waals surface area contributed by atoms with Gasteiger partial charge >= 0.3 is 257 Å². The van der Waals surface area contributed by atoms with E-state index in [0.717, 1.165) is 0 Å². The topological polar surface area (TPSA) is 31.5 Å². The van der Waals surface area contributed by atoms with Crippen LogP contribution in [0.15, 0.2) is 24.3 Å². The van der Waals surface area contributed by atoms with E-state index in [-0.39, 0.29) is 26.0 Å². The van der Waals surface area contributed by atoms with E-state index in [1.165, 1.54) is 30.5 Å². The molecule has 0 aliphatic heterocycles. The van der Waals surface area contributed by atoms with Crippen molar-refractivity contribution >= 4 is 36.9 Å². The van der Waals surface area contributed by atoms with E-state index in [0.29, 0.717) is 17.8 Å². The first-order chi connectivity index (χ1) is 17.9. The summed E-state index contributed by atoms with van der Waals surface area (Å²) < 4.78 is 4.85. The van der Waals surface area contributed by atoms with Crippen molar-refractivity contribution in [2.45, 2.75) is 163 Å². The summed E-state index contributed by atoms with van der Waals surface area (Å²) in [5, 5.41) is 1.55. The van der Waals surface area contributed by atoms with Crippen LogP contribution < -0.4 is 9.70 Å². The van der Waals surface area contributed by atoms with Crippen LogP contribution in [0.1, 0.15) is 176 Å². The second kappa shape index (κ2) is 13.4. The van der Waals surface area contributed by atoms with Gasteiger partial charge in [-0.15, -0.1) is 0 Å². The van der Waals surface area contributed by atoms with Crippen molar-refractivity contribution in [2.75, 3.05) is 0 Å². The molecular weight excluding hydrogens is 576 g/mol. The quantitative estimate of drug-likeness (QED) is 0.222. The van der Waals surface area contributed by atoms with Crippen LogP contribution in [-0.4, -0.2) is 24.5 Å². The summed E-state index contributed by atoms with van der Waals surface area (Å²) >= 11 is -1.90. The van der Waals surface area contributed by atoms with Gasteiger partial charge in [0.25, 0.3) is 0 Å². The fourth-order valence-electron chi connectivity index (χ4n) is 5.38. The van der Waals surface area contributed by atoms with Gasteiger partial charge in [0, 0.05) is 0 Å². The maximum absolute atomic E-state index is 2.83. The van der Waals surface area contributed by atoms with Gasteiger partial charge in [0.15, 0.2) is 0 Å². The van der Waals surface area contributed by atoms with Gasteiger partial charge in [0.05, 0.1) is 0 Å². The van der Waals surface area contributed by atoms with Crippen LogP contribution in [-0.2, 0) is 16.2 Å². The number of hydrogen-bond donors (Lipinski definition) is 0. The minimum absolute atomic E-state index is 0. The summed E-state index contributed by atoms with van der Waals surface area (Å²) in [6.07, 6.45) is 0. The monoisotopic (exact) mass is 641 g/mol. The molecule has 0 fully saturated rings. The van der Waals surface area contributed by atoms with Crippen molar-refractivity contribution in [2.24, 2.45) is 0 Å². The fourth-order valence-corrected chi connectivity index (χ4v) is 16.5. The average Bonchev–Trinajstić information content (AvgIpc) is 2.75. The normalized spacial score (nSPS) is 13.7. The largest absolute Gasteiger partial charge is 0.412 e. The van der Waals surface area contributed by atoms with Gasteiger partial charge in [-0.05, 0) is 0 Å². The molecule has 231 valence electrons. The first-order valence-electron chi connectivity index (χ1n) is 15.7. The first-order valence-corrected chi connectivity index (χ1v) is 19.9. The summed E-state index contributed by atoms with van der Waals surface area (Å²) in [5.41, 5.74) is 9.54. The number of benzene rings is 2. The molecule has 1 radical (unpaired) electrons. The van der Waals surface area contributed by atoms with E-state index in [2.05, 4.69) is 154 Å².